The molecule has 2 aromatic rings. The lowest BCUT2D eigenvalue weighted by molar-refractivity contribution is 0.192. The van der Waals surface area contributed by atoms with Gasteiger partial charge in [-0.25, -0.2) is 0 Å². The number of rotatable bonds is 6. The topological polar surface area (TPSA) is 48.4 Å². The van der Waals surface area contributed by atoms with Crippen LogP contribution in [0.4, 0.5) is 5.69 Å². The predicted molar refractivity (Wildman–Crippen MR) is 95.9 cm³/mol. The van der Waals surface area contributed by atoms with Crippen molar-refractivity contribution in [2.24, 2.45) is 0 Å². The van der Waals surface area contributed by atoms with Gasteiger partial charge in [0, 0.05) is 61.1 Å². The first-order chi connectivity index (χ1) is 11.3. The third-order valence-corrected chi connectivity index (χ3v) is 4.82. The fourth-order valence-corrected chi connectivity index (χ4v) is 3.51. The van der Waals surface area contributed by atoms with Crippen molar-refractivity contribution >= 4 is 16.5 Å². The van der Waals surface area contributed by atoms with E-state index < -0.39 is 0 Å². The molecule has 0 amide bonds. The average Bonchev–Trinajstić information content (AvgIpc) is 2.61. The van der Waals surface area contributed by atoms with Gasteiger partial charge in [0.05, 0.1) is 0 Å². The van der Waals surface area contributed by atoms with Crippen LogP contribution in [0.25, 0.3) is 10.8 Å². The first-order valence-corrected chi connectivity index (χ1v) is 8.77. The van der Waals surface area contributed by atoms with Crippen LogP contribution in [0.15, 0.2) is 30.6 Å². The standard InChI is InChI=1S/C19H27N3O/c1-2-15-13-20-14-16-5-3-6-18(19(15)16)21-17-7-10-22(11-8-17)9-4-12-23/h3,5-6,13-14,17,21,23H,2,4,7-12H2,1H3. The van der Waals surface area contributed by atoms with Crippen LogP contribution in [0.5, 0.6) is 0 Å². The van der Waals surface area contributed by atoms with Crippen LogP contribution in [0.1, 0.15) is 31.7 Å². The van der Waals surface area contributed by atoms with Crippen LogP contribution in [0.3, 0.4) is 0 Å². The second-order valence-corrected chi connectivity index (χ2v) is 6.39. The summed E-state index contributed by atoms with van der Waals surface area (Å²) in [5, 5.41) is 15.3. The Morgan fingerprint density at radius 2 is 2.09 bits per heavy atom. The van der Waals surface area contributed by atoms with Gasteiger partial charge in [0.25, 0.3) is 0 Å². The van der Waals surface area contributed by atoms with Gasteiger partial charge in [-0.3, -0.25) is 4.98 Å². The Balaban J connectivity index is 1.70. The molecule has 2 heterocycles. The van der Waals surface area contributed by atoms with Crippen LogP contribution < -0.4 is 5.32 Å². The first-order valence-electron chi connectivity index (χ1n) is 8.77. The zero-order valence-corrected chi connectivity index (χ0v) is 14.0. The van der Waals surface area contributed by atoms with E-state index >= 15 is 0 Å². The summed E-state index contributed by atoms with van der Waals surface area (Å²) in [7, 11) is 0. The van der Waals surface area contributed by atoms with Crippen molar-refractivity contribution in [2.75, 3.05) is 31.6 Å². The van der Waals surface area contributed by atoms with Crippen LogP contribution in [0.2, 0.25) is 0 Å². The van der Waals surface area contributed by atoms with Crippen molar-refractivity contribution in [3.63, 3.8) is 0 Å². The zero-order valence-electron chi connectivity index (χ0n) is 14.0. The summed E-state index contributed by atoms with van der Waals surface area (Å²) >= 11 is 0. The van der Waals surface area contributed by atoms with Gasteiger partial charge in [0.1, 0.15) is 0 Å². The molecule has 124 valence electrons. The summed E-state index contributed by atoms with van der Waals surface area (Å²) in [6.45, 7) is 5.73. The molecular formula is C19H27N3O. The normalized spacial score (nSPS) is 16.8. The Kier molecular flexibility index (Phi) is 5.47. The Bertz CT molecular complexity index is 630. The number of aryl methyl sites for hydroxylation is 1. The largest absolute Gasteiger partial charge is 0.396 e. The Hall–Kier alpha value is -1.65. The van der Waals surface area contributed by atoms with E-state index in [1.165, 1.54) is 22.0 Å². The van der Waals surface area contributed by atoms with E-state index in [9.17, 15) is 0 Å². The number of nitrogens with one attached hydrogen (secondary N) is 1. The van der Waals surface area contributed by atoms with E-state index in [-0.39, 0.29) is 0 Å². The van der Waals surface area contributed by atoms with Crippen LogP contribution >= 0.6 is 0 Å². The highest BCUT2D eigenvalue weighted by atomic mass is 16.3. The molecule has 0 bridgehead atoms. The molecule has 1 saturated heterocycles. The number of aromatic nitrogens is 1. The summed E-state index contributed by atoms with van der Waals surface area (Å²) in [4.78, 5) is 6.81. The minimum Gasteiger partial charge on any atom is -0.396 e. The molecular weight excluding hydrogens is 286 g/mol. The molecule has 0 unspecified atom stereocenters. The average molecular weight is 313 g/mol. The molecule has 4 nitrogen and oxygen atoms in total. The second kappa shape index (κ2) is 7.75. The second-order valence-electron chi connectivity index (χ2n) is 6.39. The Morgan fingerprint density at radius 1 is 1.26 bits per heavy atom. The van der Waals surface area contributed by atoms with E-state index in [0.29, 0.717) is 12.6 Å². The van der Waals surface area contributed by atoms with E-state index in [2.05, 4.69) is 40.3 Å². The minimum atomic E-state index is 0.294. The molecule has 1 aliphatic heterocycles. The summed E-state index contributed by atoms with van der Waals surface area (Å²) in [5.74, 6) is 0. The van der Waals surface area contributed by atoms with Gasteiger partial charge in [-0.2, -0.15) is 0 Å². The SMILES string of the molecule is CCc1cncc2cccc(NC3CCN(CCCO)CC3)c12. The highest BCUT2D eigenvalue weighted by molar-refractivity contribution is 5.96. The van der Waals surface area contributed by atoms with Crippen molar-refractivity contribution in [3.05, 3.63) is 36.2 Å². The van der Waals surface area contributed by atoms with E-state index in [4.69, 9.17) is 5.11 Å². The molecule has 1 aromatic carbocycles. The molecule has 1 aliphatic rings. The van der Waals surface area contributed by atoms with Crippen molar-refractivity contribution in [3.8, 4) is 0 Å². The van der Waals surface area contributed by atoms with Crippen LogP contribution in [0, 0.1) is 0 Å². The van der Waals surface area contributed by atoms with E-state index in [0.717, 1.165) is 45.3 Å². The molecule has 2 N–H and O–H groups in total. The van der Waals surface area contributed by atoms with Crippen LogP contribution in [-0.2, 0) is 6.42 Å². The quantitative estimate of drug-likeness (QED) is 0.860. The third kappa shape index (κ3) is 3.82. The summed E-state index contributed by atoms with van der Waals surface area (Å²) in [6.07, 6.45) is 8.15. The van der Waals surface area contributed by atoms with Crippen molar-refractivity contribution in [2.45, 2.75) is 38.6 Å². The molecule has 3 rings (SSSR count). The predicted octanol–water partition coefficient (Wildman–Crippen LogP) is 3.06. The maximum absolute atomic E-state index is 8.95. The van der Waals surface area contributed by atoms with E-state index in [1.54, 1.807) is 0 Å². The number of benzene rings is 1. The van der Waals surface area contributed by atoms with Gasteiger partial charge in [-0.15, -0.1) is 0 Å². The Morgan fingerprint density at radius 3 is 2.83 bits per heavy atom. The fourth-order valence-electron chi connectivity index (χ4n) is 3.51. The lowest BCUT2D eigenvalue weighted by atomic mass is 10.0. The molecule has 0 aliphatic carbocycles. The smallest absolute Gasteiger partial charge is 0.0443 e. The maximum Gasteiger partial charge on any atom is 0.0443 e. The first kappa shape index (κ1) is 16.2. The molecule has 0 spiro atoms. The van der Waals surface area contributed by atoms with Crippen molar-refractivity contribution in [1.29, 1.82) is 0 Å². The monoisotopic (exact) mass is 313 g/mol. The van der Waals surface area contributed by atoms with Crippen molar-refractivity contribution < 1.29 is 5.11 Å². The third-order valence-electron chi connectivity index (χ3n) is 4.82. The van der Waals surface area contributed by atoms with Crippen molar-refractivity contribution in [1.82, 2.24) is 9.88 Å². The number of fused-ring (bicyclic) bond motifs is 1. The summed E-state index contributed by atoms with van der Waals surface area (Å²) in [6, 6.07) is 6.98. The zero-order chi connectivity index (χ0) is 16.1. The molecule has 1 fully saturated rings. The highest BCUT2D eigenvalue weighted by Gasteiger charge is 2.19. The molecule has 0 radical (unpaired) electrons. The minimum absolute atomic E-state index is 0.294. The number of aliphatic hydroxyl groups is 1. The molecule has 23 heavy (non-hydrogen) atoms. The van der Waals surface area contributed by atoms with E-state index in [1.807, 2.05) is 12.4 Å². The van der Waals surface area contributed by atoms with Crippen LogP contribution in [-0.4, -0.2) is 47.3 Å². The highest BCUT2D eigenvalue weighted by Crippen LogP contribution is 2.28. The maximum atomic E-state index is 8.95. The fraction of sp³-hybridized carbons (Fsp3) is 0.526. The molecule has 0 atom stereocenters. The molecule has 0 saturated carbocycles. The number of aliphatic hydroxyl groups excluding tert-OH is 1. The van der Waals surface area contributed by atoms with Gasteiger partial charge in [-0.1, -0.05) is 19.1 Å². The van der Waals surface area contributed by atoms with Gasteiger partial charge in [0.15, 0.2) is 0 Å². The lowest BCUT2D eigenvalue weighted by Gasteiger charge is -2.33. The van der Waals surface area contributed by atoms with Gasteiger partial charge < -0.3 is 15.3 Å². The summed E-state index contributed by atoms with van der Waals surface area (Å²) < 4.78 is 0. The van der Waals surface area contributed by atoms with Gasteiger partial charge in [0.2, 0.25) is 0 Å². The lowest BCUT2D eigenvalue weighted by Crippen LogP contribution is -2.39. The Labute approximate surface area is 138 Å². The number of nitrogens with zero attached hydrogens (tertiary/aromatic N) is 2. The van der Waals surface area contributed by atoms with Gasteiger partial charge in [-0.05, 0) is 37.3 Å². The molecule has 4 heteroatoms. The number of piperidine rings is 1. The number of hydrogen-bond donors (Lipinski definition) is 2. The molecule has 1 aromatic heterocycles. The summed E-state index contributed by atoms with van der Waals surface area (Å²) in [5.41, 5.74) is 2.56. The van der Waals surface area contributed by atoms with Gasteiger partial charge >= 0.3 is 0 Å². The number of pyridine rings is 1. The number of likely N-dealkylation sites (tertiary alicyclic amines) is 1. The number of hydrogen-bond acceptors (Lipinski definition) is 4. The number of anilines is 1.